The average molecular weight is 581 g/mol. The Hall–Kier alpha value is -4.45. The molecule has 2 spiro atoms. The number of nitrogens with zero attached hydrogens (tertiary/aromatic N) is 1. The van der Waals surface area contributed by atoms with Gasteiger partial charge in [-0.05, 0) is 103 Å². The van der Waals surface area contributed by atoms with Crippen LogP contribution in [0.4, 0.5) is 17.1 Å². The van der Waals surface area contributed by atoms with E-state index in [1.165, 1.54) is 38.5 Å². The molecule has 3 fully saturated rings. The summed E-state index contributed by atoms with van der Waals surface area (Å²) >= 11 is 0. The van der Waals surface area contributed by atoms with Gasteiger partial charge >= 0.3 is 0 Å². The standard InChI is InChI=1S/C38H36N4O2/c43-35-27(21-23-13-15-31-33-25(23)9-7-11-29(33)39-37(41-31)17-3-1-4-18-37)36(44)28(35)22-24-14-16-32-34-26(24)10-8-12-30(34)40-38(42-32)19-5-2-6-20-38/h7-16,21-22,27,39-40,42H,1-6,17-20H2. The molecule has 0 amide bonds. The summed E-state index contributed by atoms with van der Waals surface area (Å²) in [7, 11) is 0. The number of rotatable bonds is 2. The largest absolute Gasteiger partial charge is 0.362 e. The van der Waals surface area contributed by atoms with Crippen LogP contribution in [0.1, 0.15) is 69.8 Å². The summed E-state index contributed by atoms with van der Waals surface area (Å²) in [4.78, 5) is 32.2. The highest BCUT2D eigenvalue weighted by atomic mass is 16.2. The molecular formula is C38H36N4O2. The second-order valence-electron chi connectivity index (χ2n) is 13.5. The van der Waals surface area contributed by atoms with Gasteiger partial charge in [0.2, 0.25) is 0 Å². The maximum atomic E-state index is 13.5. The van der Waals surface area contributed by atoms with Crippen molar-refractivity contribution in [2.75, 3.05) is 16.0 Å². The van der Waals surface area contributed by atoms with Crippen LogP contribution < -0.4 is 26.5 Å². The number of hydrogen-bond acceptors (Lipinski definition) is 6. The summed E-state index contributed by atoms with van der Waals surface area (Å²) in [5.41, 5.74) is 4.21. The van der Waals surface area contributed by atoms with Gasteiger partial charge in [0.05, 0.1) is 10.9 Å². The van der Waals surface area contributed by atoms with Gasteiger partial charge in [0.15, 0.2) is 11.6 Å². The number of carbonyl (C=O) groups excluding carboxylic acids is 2. The Morgan fingerprint density at radius 1 is 0.659 bits per heavy atom. The van der Waals surface area contributed by atoms with Gasteiger partial charge in [-0.1, -0.05) is 55.3 Å². The summed E-state index contributed by atoms with van der Waals surface area (Å²) in [5.74, 6) is -0.986. The number of allylic oxidation sites excluding steroid dienone is 1. The molecule has 4 aromatic carbocycles. The van der Waals surface area contributed by atoms with E-state index in [0.717, 1.165) is 80.4 Å². The minimum atomic E-state index is -0.758. The van der Waals surface area contributed by atoms with Gasteiger partial charge in [0, 0.05) is 27.8 Å². The quantitative estimate of drug-likeness (QED) is 0.138. The zero-order chi connectivity index (χ0) is 29.5. The molecule has 2 heterocycles. The molecule has 6 nitrogen and oxygen atoms in total. The van der Waals surface area contributed by atoms with E-state index in [1.807, 2.05) is 18.2 Å². The predicted octanol–water partition coefficient (Wildman–Crippen LogP) is 6.83. The van der Waals surface area contributed by atoms with E-state index < -0.39 is 5.92 Å². The van der Waals surface area contributed by atoms with E-state index in [0.29, 0.717) is 0 Å². The van der Waals surface area contributed by atoms with Crippen LogP contribution in [0, 0.1) is 5.92 Å². The van der Waals surface area contributed by atoms with Gasteiger partial charge in [-0.25, -0.2) is 0 Å². The smallest absolute Gasteiger partial charge is 0.181 e. The molecule has 0 radical (unpaired) electrons. The number of benzene rings is 4. The van der Waals surface area contributed by atoms with E-state index >= 15 is 0 Å². The lowest BCUT2D eigenvalue weighted by Crippen LogP contribution is -2.49. The maximum Gasteiger partial charge on any atom is 0.181 e. The molecule has 5 aliphatic rings. The molecule has 2 aliphatic heterocycles. The van der Waals surface area contributed by atoms with Crippen LogP contribution in [0.2, 0.25) is 0 Å². The third-order valence-electron chi connectivity index (χ3n) is 10.7. The molecule has 220 valence electrons. The van der Waals surface area contributed by atoms with Gasteiger partial charge in [-0.3, -0.25) is 14.6 Å². The monoisotopic (exact) mass is 580 g/mol. The predicted molar refractivity (Wildman–Crippen MR) is 177 cm³/mol. The first-order chi connectivity index (χ1) is 21.5. The summed E-state index contributed by atoms with van der Waals surface area (Å²) in [5, 5.41) is 17.5. The zero-order valence-corrected chi connectivity index (χ0v) is 24.8. The summed E-state index contributed by atoms with van der Waals surface area (Å²) < 4.78 is 0. The fourth-order valence-electron chi connectivity index (χ4n) is 8.48. The Labute approximate surface area is 256 Å². The first-order valence-corrected chi connectivity index (χ1v) is 16.4. The van der Waals surface area contributed by atoms with Crippen LogP contribution in [0.25, 0.3) is 33.7 Å². The first kappa shape index (κ1) is 26.0. The molecule has 3 aliphatic carbocycles. The number of nitrogens with one attached hydrogen (secondary N) is 3. The Morgan fingerprint density at radius 2 is 1.32 bits per heavy atom. The van der Waals surface area contributed by atoms with Crippen molar-refractivity contribution in [3.05, 3.63) is 82.4 Å². The number of ketones is 2. The Balaban J connectivity index is 1.05. The van der Waals surface area contributed by atoms with Crippen LogP contribution in [0.15, 0.2) is 71.2 Å². The molecular weight excluding hydrogens is 544 g/mol. The second-order valence-corrected chi connectivity index (χ2v) is 13.5. The SMILES string of the molecule is O=C1C(=Cc2ccc3c4c(cccc24)NC2(CCCCC2)N3)C(=O)C1C=c1ccc2c3c(cccc13)NC1(CCCCC1)N=2. The molecule has 44 heavy (non-hydrogen) atoms. The van der Waals surface area contributed by atoms with Gasteiger partial charge in [-0.15, -0.1) is 0 Å². The van der Waals surface area contributed by atoms with Crippen molar-refractivity contribution >= 4 is 62.3 Å². The van der Waals surface area contributed by atoms with Crippen LogP contribution in [0.5, 0.6) is 0 Å². The van der Waals surface area contributed by atoms with Crippen LogP contribution in [-0.4, -0.2) is 22.9 Å². The van der Waals surface area contributed by atoms with Crippen molar-refractivity contribution in [3.63, 3.8) is 0 Å². The minimum absolute atomic E-state index is 0.0916. The molecule has 3 N–H and O–H groups in total. The number of carbonyl (C=O) groups is 2. The molecule has 0 aromatic heterocycles. The molecule has 0 saturated heterocycles. The van der Waals surface area contributed by atoms with Gasteiger partial charge in [0.1, 0.15) is 17.2 Å². The fourth-order valence-corrected chi connectivity index (χ4v) is 8.48. The Morgan fingerprint density at radius 3 is 2.07 bits per heavy atom. The summed E-state index contributed by atoms with van der Waals surface area (Å²) in [6.07, 6.45) is 15.3. The lowest BCUT2D eigenvalue weighted by molar-refractivity contribution is -0.133. The zero-order valence-electron chi connectivity index (χ0n) is 24.8. The first-order valence-electron chi connectivity index (χ1n) is 16.4. The normalized spacial score (nSPS) is 23.1. The van der Waals surface area contributed by atoms with Crippen LogP contribution in [0.3, 0.4) is 0 Å². The minimum Gasteiger partial charge on any atom is -0.362 e. The molecule has 0 bridgehead atoms. The molecule has 9 rings (SSSR count). The average Bonchev–Trinajstić information content (AvgIpc) is 3.04. The topological polar surface area (TPSA) is 82.6 Å². The van der Waals surface area contributed by atoms with E-state index in [2.05, 4.69) is 64.5 Å². The van der Waals surface area contributed by atoms with Gasteiger partial charge in [0.25, 0.3) is 0 Å². The van der Waals surface area contributed by atoms with Crippen molar-refractivity contribution in [3.8, 4) is 0 Å². The lowest BCUT2D eigenvalue weighted by atomic mass is 9.75. The number of Topliss-reactive ketones (excluding diaryl/α,β-unsaturated/α-hetero) is 2. The molecule has 6 heteroatoms. The molecule has 0 unspecified atom stereocenters. The van der Waals surface area contributed by atoms with Gasteiger partial charge < -0.3 is 16.0 Å². The summed E-state index contributed by atoms with van der Waals surface area (Å²) in [6.45, 7) is 0. The summed E-state index contributed by atoms with van der Waals surface area (Å²) in [6, 6.07) is 20.8. The van der Waals surface area contributed by atoms with E-state index in [-0.39, 0.29) is 28.5 Å². The van der Waals surface area contributed by atoms with Gasteiger partial charge in [-0.2, -0.15) is 0 Å². The third-order valence-corrected chi connectivity index (χ3v) is 10.7. The van der Waals surface area contributed by atoms with E-state index in [1.54, 1.807) is 6.08 Å². The van der Waals surface area contributed by atoms with Crippen molar-refractivity contribution in [2.45, 2.75) is 75.5 Å². The second kappa shape index (κ2) is 9.52. The van der Waals surface area contributed by atoms with E-state index in [4.69, 9.17) is 4.99 Å². The highest BCUT2D eigenvalue weighted by Crippen LogP contribution is 2.44. The highest BCUT2D eigenvalue weighted by Gasteiger charge is 2.43. The Bertz CT molecular complexity index is 2030. The third kappa shape index (κ3) is 3.89. The van der Waals surface area contributed by atoms with Crippen LogP contribution >= 0.6 is 0 Å². The maximum absolute atomic E-state index is 13.5. The molecule has 4 aromatic rings. The fraction of sp³-hybridized carbons (Fsp3) is 0.342. The van der Waals surface area contributed by atoms with E-state index in [9.17, 15) is 9.59 Å². The van der Waals surface area contributed by atoms with Crippen molar-refractivity contribution in [1.29, 1.82) is 0 Å². The van der Waals surface area contributed by atoms with Crippen molar-refractivity contribution in [1.82, 2.24) is 0 Å². The van der Waals surface area contributed by atoms with Crippen molar-refractivity contribution < 1.29 is 9.59 Å². The molecule has 3 saturated carbocycles. The number of hydrogen-bond donors (Lipinski definition) is 3. The van der Waals surface area contributed by atoms with Crippen LogP contribution in [-0.2, 0) is 9.59 Å². The molecule has 0 atom stereocenters. The lowest BCUT2D eigenvalue weighted by Gasteiger charge is -2.44. The highest BCUT2D eigenvalue weighted by molar-refractivity contribution is 6.43. The number of anilines is 3. The van der Waals surface area contributed by atoms with Crippen molar-refractivity contribution in [2.24, 2.45) is 10.9 Å². The Kier molecular flexibility index (Phi) is 5.63.